The van der Waals surface area contributed by atoms with Gasteiger partial charge in [0.15, 0.2) is 0 Å². The van der Waals surface area contributed by atoms with Crippen molar-refractivity contribution in [2.75, 3.05) is 6.54 Å². The fraction of sp³-hybridized carbons (Fsp3) is 0.158. The van der Waals surface area contributed by atoms with E-state index in [-0.39, 0.29) is 23.4 Å². The van der Waals surface area contributed by atoms with Crippen molar-refractivity contribution in [2.45, 2.75) is 13.5 Å². The van der Waals surface area contributed by atoms with Crippen LogP contribution in [0, 0.1) is 10.1 Å². The molecular formula is C19H15BrN2O5S. The van der Waals surface area contributed by atoms with E-state index >= 15 is 0 Å². The van der Waals surface area contributed by atoms with Crippen molar-refractivity contribution in [1.82, 2.24) is 4.90 Å². The molecule has 3 rings (SSSR count). The number of hydrogen-bond donors (Lipinski definition) is 0. The molecule has 0 aliphatic carbocycles. The van der Waals surface area contributed by atoms with Crippen LogP contribution in [0.15, 0.2) is 51.8 Å². The third-order valence-electron chi connectivity index (χ3n) is 3.99. The Morgan fingerprint density at radius 3 is 2.50 bits per heavy atom. The van der Waals surface area contributed by atoms with Crippen LogP contribution < -0.4 is 4.74 Å². The minimum Gasteiger partial charge on any atom is -0.488 e. The number of hydrogen-bond acceptors (Lipinski definition) is 6. The van der Waals surface area contributed by atoms with Gasteiger partial charge in [-0.2, -0.15) is 0 Å². The van der Waals surface area contributed by atoms with E-state index in [1.54, 1.807) is 43.3 Å². The minimum absolute atomic E-state index is 0.0294. The molecule has 0 radical (unpaired) electrons. The Balaban J connectivity index is 1.69. The standard InChI is InChI=1S/C19H15BrN2O5S/c1-2-21-18(23)17(28-19(21)24)10-13-5-8-16(15(20)9-13)27-11-12-3-6-14(7-4-12)22(25)26/h3-10H,2,11H2,1H3/b17-10-. The zero-order chi connectivity index (χ0) is 20.3. The number of non-ortho nitro benzene ring substituents is 1. The number of nitrogens with zero attached hydrogens (tertiary/aromatic N) is 2. The highest BCUT2D eigenvalue weighted by molar-refractivity contribution is 9.10. The molecular weight excluding hydrogens is 448 g/mol. The van der Waals surface area contributed by atoms with Gasteiger partial charge in [0.05, 0.1) is 14.3 Å². The fourth-order valence-electron chi connectivity index (χ4n) is 2.52. The van der Waals surface area contributed by atoms with Crippen LogP contribution in [0.1, 0.15) is 18.1 Å². The summed E-state index contributed by atoms with van der Waals surface area (Å²) in [4.78, 5) is 35.8. The molecule has 1 saturated heterocycles. The molecule has 7 nitrogen and oxygen atoms in total. The van der Waals surface area contributed by atoms with Crippen molar-refractivity contribution >= 4 is 50.6 Å². The topological polar surface area (TPSA) is 89.8 Å². The molecule has 0 unspecified atom stereocenters. The number of nitro benzene ring substituents is 1. The van der Waals surface area contributed by atoms with Gasteiger partial charge in [-0.05, 0) is 76.1 Å². The molecule has 9 heteroatoms. The van der Waals surface area contributed by atoms with Crippen LogP contribution in [-0.2, 0) is 11.4 Å². The number of imide groups is 1. The first-order chi connectivity index (χ1) is 13.4. The quantitative estimate of drug-likeness (QED) is 0.341. The molecule has 0 bridgehead atoms. The lowest BCUT2D eigenvalue weighted by Crippen LogP contribution is -2.27. The fourth-order valence-corrected chi connectivity index (χ4v) is 3.94. The summed E-state index contributed by atoms with van der Waals surface area (Å²) in [6, 6.07) is 11.5. The van der Waals surface area contributed by atoms with Crippen molar-refractivity contribution in [3.63, 3.8) is 0 Å². The van der Waals surface area contributed by atoms with E-state index in [9.17, 15) is 19.7 Å². The molecule has 1 heterocycles. The van der Waals surface area contributed by atoms with Gasteiger partial charge in [-0.3, -0.25) is 24.6 Å². The first-order valence-corrected chi connectivity index (χ1v) is 9.91. The number of carbonyl (C=O) groups excluding carboxylic acids is 2. The highest BCUT2D eigenvalue weighted by atomic mass is 79.9. The molecule has 1 aliphatic heterocycles. The predicted octanol–water partition coefficient (Wildman–Crippen LogP) is 4.99. The van der Waals surface area contributed by atoms with Gasteiger partial charge in [0, 0.05) is 18.7 Å². The first kappa shape index (κ1) is 20.1. The van der Waals surface area contributed by atoms with E-state index in [1.165, 1.54) is 17.0 Å². The van der Waals surface area contributed by atoms with E-state index in [2.05, 4.69) is 15.9 Å². The molecule has 1 aliphatic rings. The highest BCUT2D eigenvalue weighted by Crippen LogP contribution is 2.33. The summed E-state index contributed by atoms with van der Waals surface area (Å²) >= 11 is 4.37. The smallest absolute Gasteiger partial charge is 0.293 e. The van der Waals surface area contributed by atoms with Crippen LogP contribution in [0.4, 0.5) is 10.5 Å². The maximum Gasteiger partial charge on any atom is 0.293 e. The number of ether oxygens (including phenoxy) is 1. The second kappa shape index (κ2) is 8.57. The molecule has 0 saturated carbocycles. The predicted molar refractivity (Wildman–Crippen MR) is 110 cm³/mol. The summed E-state index contributed by atoms with van der Waals surface area (Å²) in [5, 5.41) is 10.4. The Hall–Kier alpha value is -2.65. The number of amides is 2. The van der Waals surface area contributed by atoms with Crippen LogP contribution in [0.3, 0.4) is 0 Å². The zero-order valence-electron chi connectivity index (χ0n) is 14.8. The second-order valence-electron chi connectivity index (χ2n) is 5.83. The lowest BCUT2D eigenvalue weighted by atomic mass is 10.2. The van der Waals surface area contributed by atoms with Gasteiger partial charge in [-0.25, -0.2) is 0 Å². The summed E-state index contributed by atoms with van der Waals surface area (Å²) in [5.41, 5.74) is 1.59. The molecule has 1 fully saturated rings. The summed E-state index contributed by atoms with van der Waals surface area (Å²) in [7, 11) is 0. The van der Waals surface area contributed by atoms with Crippen molar-refractivity contribution in [2.24, 2.45) is 0 Å². The Bertz CT molecular complexity index is 975. The third-order valence-corrected chi connectivity index (χ3v) is 5.51. The molecule has 144 valence electrons. The van der Waals surface area contributed by atoms with Crippen LogP contribution in [0.2, 0.25) is 0 Å². The number of carbonyl (C=O) groups is 2. The molecule has 0 atom stereocenters. The van der Waals surface area contributed by atoms with Gasteiger partial charge in [0.25, 0.3) is 16.8 Å². The third kappa shape index (κ3) is 4.42. The largest absolute Gasteiger partial charge is 0.488 e. The van der Waals surface area contributed by atoms with E-state index in [1.807, 2.05) is 0 Å². The molecule has 0 aromatic heterocycles. The van der Waals surface area contributed by atoms with Gasteiger partial charge in [-0.1, -0.05) is 6.07 Å². The molecule has 0 spiro atoms. The Morgan fingerprint density at radius 1 is 1.21 bits per heavy atom. The molecule has 28 heavy (non-hydrogen) atoms. The molecule has 2 aromatic carbocycles. The lowest BCUT2D eigenvalue weighted by Gasteiger charge is -2.09. The van der Waals surface area contributed by atoms with Crippen molar-refractivity contribution < 1.29 is 19.2 Å². The highest BCUT2D eigenvalue weighted by Gasteiger charge is 2.33. The number of benzene rings is 2. The van der Waals surface area contributed by atoms with Gasteiger partial charge >= 0.3 is 0 Å². The van der Waals surface area contributed by atoms with Crippen molar-refractivity contribution in [3.8, 4) is 5.75 Å². The average molecular weight is 463 g/mol. The molecule has 2 aromatic rings. The minimum atomic E-state index is -0.449. The first-order valence-electron chi connectivity index (χ1n) is 8.30. The normalized spacial score (nSPS) is 15.4. The number of likely N-dealkylation sites (N-methyl/N-ethyl adjacent to an activating group) is 1. The zero-order valence-corrected chi connectivity index (χ0v) is 17.2. The van der Waals surface area contributed by atoms with Gasteiger partial charge in [-0.15, -0.1) is 0 Å². The SMILES string of the molecule is CCN1C(=O)S/C(=C\c2ccc(OCc3ccc([N+](=O)[O-])cc3)c(Br)c2)C1=O. The van der Waals surface area contributed by atoms with Crippen molar-refractivity contribution in [3.05, 3.63) is 73.1 Å². The molecule has 0 N–H and O–H groups in total. The van der Waals surface area contributed by atoms with Gasteiger partial charge < -0.3 is 4.74 Å². The van der Waals surface area contributed by atoms with Crippen LogP contribution in [0.25, 0.3) is 6.08 Å². The lowest BCUT2D eigenvalue weighted by molar-refractivity contribution is -0.384. The van der Waals surface area contributed by atoms with Gasteiger partial charge in [0.2, 0.25) is 0 Å². The van der Waals surface area contributed by atoms with Crippen LogP contribution >= 0.6 is 27.7 Å². The number of halogens is 1. The second-order valence-corrected chi connectivity index (χ2v) is 7.68. The summed E-state index contributed by atoms with van der Waals surface area (Å²) in [6.07, 6.45) is 1.67. The number of nitro groups is 1. The monoisotopic (exact) mass is 462 g/mol. The van der Waals surface area contributed by atoms with Gasteiger partial charge in [0.1, 0.15) is 12.4 Å². The average Bonchev–Trinajstić information content (AvgIpc) is 2.94. The Morgan fingerprint density at radius 2 is 1.93 bits per heavy atom. The van der Waals surface area contributed by atoms with Crippen LogP contribution in [0.5, 0.6) is 5.75 Å². The number of rotatable bonds is 6. The number of thioether (sulfide) groups is 1. The van der Waals surface area contributed by atoms with E-state index < -0.39 is 4.92 Å². The maximum atomic E-state index is 12.2. The van der Waals surface area contributed by atoms with Crippen LogP contribution in [-0.4, -0.2) is 27.5 Å². The Kier molecular flexibility index (Phi) is 6.15. The van der Waals surface area contributed by atoms with Crippen molar-refractivity contribution in [1.29, 1.82) is 0 Å². The molecule has 2 amide bonds. The van der Waals surface area contributed by atoms with E-state index in [4.69, 9.17) is 4.74 Å². The van der Waals surface area contributed by atoms with E-state index in [0.29, 0.717) is 21.7 Å². The Labute approximate surface area is 173 Å². The summed E-state index contributed by atoms with van der Waals surface area (Å²) < 4.78 is 6.44. The summed E-state index contributed by atoms with van der Waals surface area (Å²) in [5.74, 6) is 0.310. The maximum absolute atomic E-state index is 12.2. The summed E-state index contributed by atoms with van der Waals surface area (Å²) in [6.45, 7) is 2.36. The van der Waals surface area contributed by atoms with E-state index in [0.717, 1.165) is 22.9 Å².